The number of nitrogens with zero attached hydrogens (tertiary/aromatic N) is 1. The van der Waals surface area contributed by atoms with Crippen LogP contribution in [-0.2, 0) is 4.79 Å². The van der Waals surface area contributed by atoms with E-state index in [0.717, 1.165) is 17.1 Å². The zero-order valence-electron chi connectivity index (χ0n) is 19.5. The zero-order chi connectivity index (χ0) is 24.6. The normalized spacial score (nSPS) is 16.4. The van der Waals surface area contributed by atoms with Gasteiger partial charge in [-0.1, -0.05) is 42.5 Å². The van der Waals surface area contributed by atoms with Crippen molar-refractivity contribution in [3.8, 4) is 11.5 Å². The van der Waals surface area contributed by atoms with Crippen molar-refractivity contribution in [3.05, 3.63) is 89.7 Å². The minimum absolute atomic E-state index is 0.0547. The first-order valence-electron chi connectivity index (χ1n) is 11.5. The second-order valence-corrected chi connectivity index (χ2v) is 9.28. The van der Waals surface area contributed by atoms with E-state index in [1.165, 1.54) is 12.1 Å². The molecule has 3 aromatic carbocycles. The van der Waals surface area contributed by atoms with Gasteiger partial charge in [0.2, 0.25) is 5.91 Å². The summed E-state index contributed by atoms with van der Waals surface area (Å²) in [5.41, 5.74) is 2.36. The van der Waals surface area contributed by atoms with Crippen molar-refractivity contribution in [3.63, 3.8) is 0 Å². The summed E-state index contributed by atoms with van der Waals surface area (Å²) < 4.78 is 24.7. The van der Waals surface area contributed by atoms with Gasteiger partial charge in [-0.2, -0.15) is 11.8 Å². The molecule has 0 radical (unpaired) electrons. The van der Waals surface area contributed by atoms with Crippen LogP contribution in [0.15, 0.2) is 72.8 Å². The van der Waals surface area contributed by atoms with Crippen LogP contribution in [0, 0.1) is 5.82 Å². The predicted octanol–water partition coefficient (Wildman–Crippen LogP) is 4.68. The molecule has 2 unspecified atom stereocenters. The molecule has 0 aliphatic carbocycles. The number of amides is 1. The first kappa shape index (κ1) is 24.9. The Bertz CT molecular complexity index is 1110. The van der Waals surface area contributed by atoms with E-state index in [9.17, 15) is 9.18 Å². The zero-order valence-corrected chi connectivity index (χ0v) is 20.3. The summed E-state index contributed by atoms with van der Waals surface area (Å²) in [7, 11) is 1.55. The average molecular weight is 497 g/mol. The standard InChI is InChI=1S/C27H29FN2O4S/c1-33-23-15-22(16-24(17-23)34-13-12-31)29-26(20-7-9-21(28)10-8-20)27(32)30-11-14-35-18-25(30)19-5-3-2-4-6-19/h2-10,15-17,25-26,29,31H,11-14,18H2,1H3. The molecule has 1 aliphatic heterocycles. The maximum Gasteiger partial charge on any atom is 0.250 e. The minimum Gasteiger partial charge on any atom is -0.497 e. The number of aliphatic hydroxyl groups is 1. The summed E-state index contributed by atoms with van der Waals surface area (Å²) in [5.74, 6) is 2.25. The Labute approximate surface area is 209 Å². The molecule has 4 rings (SSSR count). The van der Waals surface area contributed by atoms with Crippen LogP contribution in [0.1, 0.15) is 23.2 Å². The van der Waals surface area contributed by atoms with Crippen molar-refractivity contribution in [2.24, 2.45) is 0 Å². The molecule has 2 atom stereocenters. The van der Waals surface area contributed by atoms with Crippen LogP contribution < -0.4 is 14.8 Å². The highest BCUT2D eigenvalue weighted by molar-refractivity contribution is 7.99. The number of anilines is 1. The van der Waals surface area contributed by atoms with Crippen molar-refractivity contribution in [2.75, 3.05) is 43.7 Å². The summed E-state index contributed by atoms with van der Waals surface area (Å²) >= 11 is 1.83. The summed E-state index contributed by atoms with van der Waals surface area (Å²) in [6.45, 7) is 0.632. The maximum atomic E-state index is 14.0. The Kier molecular flexibility index (Phi) is 8.50. The lowest BCUT2D eigenvalue weighted by Crippen LogP contribution is -2.44. The van der Waals surface area contributed by atoms with E-state index in [0.29, 0.717) is 29.3 Å². The van der Waals surface area contributed by atoms with E-state index in [1.54, 1.807) is 37.4 Å². The molecular weight excluding hydrogens is 467 g/mol. The molecule has 1 amide bonds. The van der Waals surface area contributed by atoms with Crippen LogP contribution in [0.4, 0.5) is 10.1 Å². The fraction of sp³-hybridized carbons (Fsp3) is 0.296. The van der Waals surface area contributed by atoms with Gasteiger partial charge in [0.05, 0.1) is 19.8 Å². The van der Waals surface area contributed by atoms with Gasteiger partial charge in [0.25, 0.3) is 0 Å². The molecule has 3 aromatic rings. The molecule has 2 N–H and O–H groups in total. The predicted molar refractivity (Wildman–Crippen MR) is 137 cm³/mol. The Morgan fingerprint density at radius 3 is 2.60 bits per heavy atom. The number of aliphatic hydroxyl groups excluding tert-OH is 1. The fourth-order valence-electron chi connectivity index (χ4n) is 4.11. The number of carbonyl (C=O) groups excluding carboxylic acids is 1. The van der Waals surface area contributed by atoms with Crippen molar-refractivity contribution >= 4 is 23.4 Å². The van der Waals surface area contributed by atoms with E-state index in [1.807, 2.05) is 47.0 Å². The number of hydrogen-bond donors (Lipinski definition) is 2. The topological polar surface area (TPSA) is 71.0 Å². The fourth-order valence-corrected chi connectivity index (χ4v) is 5.20. The number of ether oxygens (including phenoxy) is 2. The summed E-state index contributed by atoms with van der Waals surface area (Å²) in [6, 6.07) is 20.4. The molecule has 184 valence electrons. The van der Waals surface area contributed by atoms with E-state index in [2.05, 4.69) is 5.32 Å². The highest BCUT2D eigenvalue weighted by atomic mass is 32.2. The Hall–Kier alpha value is -3.23. The van der Waals surface area contributed by atoms with Crippen molar-refractivity contribution < 1.29 is 23.8 Å². The number of hydrogen-bond acceptors (Lipinski definition) is 6. The van der Waals surface area contributed by atoms with Crippen LogP contribution in [-0.4, -0.2) is 54.3 Å². The van der Waals surface area contributed by atoms with E-state index < -0.39 is 6.04 Å². The quantitative estimate of drug-likeness (QED) is 0.449. The van der Waals surface area contributed by atoms with E-state index in [4.69, 9.17) is 14.6 Å². The lowest BCUT2D eigenvalue weighted by molar-refractivity contribution is -0.134. The molecule has 0 aromatic heterocycles. The van der Waals surface area contributed by atoms with Gasteiger partial charge in [-0.15, -0.1) is 0 Å². The number of halogens is 1. The number of benzene rings is 3. The molecule has 1 aliphatic rings. The first-order chi connectivity index (χ1) is 17.1. The SMILES string of the molecule is COc1cc(NC(C(=O)N2CCSCC2c2ccccc2)c2ccc(F)cc2)cc(OCCO)c1. The van der Waals surface area contributed by atoms with E-state index in [-0.39, 0.29) is 31.0 Å². The van der Waals surface area contributed by atoms with Crippen LogP contribution in [0.2, 0.25) is 0 Å². The molecule has 1 saturated heterocycles. The largest absolute Gasteiger partial charge is 0.497 e. The van der Waals surface area contributed by atoms with Crippen LogP contribution >= 0.6 is 11.8 Å². The van der Waals surface area contributed by atoms with Crippen molar-refractivity contribution in [1.29, 1.82) is 0 Å². The maximum absolute atomic E-state index is 14.0. The summed E-state index contributed by atoms with van der Waals surface area (Å²) in [5, 5.41) is 12.5. The van der Waals surface area contributed by atoms with Gasteiger partial charge in [0.1, 0.15) is 30.0 Å². The third kappa shape index (κ3) is 6.26. The molecule has 0 bridgehead atoms. The lowest BCUT2D eigenvalue weighted by Gasteiger charge is -2.38. The van der Waals surface area contributed by atoms with Crippen molar-refractivity contribution in [2.45, 2.75) is 12.1 Å². The highest BCUT2D eigenvalue weighted by Gasteiger charge is 2.33. The number of nitrogens with one attached hydrogen (secondary N) is 1. The molecule has 35 heavy (non-hydrogen) atoms. The second-order valence-electron chi connectivity index (χ2n) is 8.13. The first-order valence-corrected chi connectivity index (χ1v) is 12.6. The molecule has 8 heteroatoms. The van der Waals surface area contributed by atoms with E-state index >= 15 is 0 Å². The van der Waals surface area contributed by atoms with Gasteiger partial charge in [0, 0.05) is 41.9 Å². The van der Waals surface area contributed by atoms with Gasteiger partial charge < -0.3 is 24.8 Å². The lowest BCUT2D eigenvalue weighted by atomic mass is 10.0. The molecule has 0 spiro atoms. The summed E-state index contributed by atoms with van der Waals surface area (Å²) in [4.78, 5) is 16.0. The van der Waals surface area contributed by atoms with Gasteiger partial charge in [-0.25, -0.2) is 4.39 Å². The van der Waals surface area contributed by atoms with Crippen LogP contribution in [0.5, 0.6) is 11.5 Å². The number of methoxy groups -OCH3 is 1. The van der Waals surface area contributed by atoms with Crippen LogP contribution in [0.3, 0.4) is 0 Å². The van der Waals surface area contributed by atoms with Gasteiger partial charge in [-0.3, -0.25) is 4.79 Å². The molecular formula is C27H29FN2O4S. The molecule has 1 fully saturated rings. The third-order valence-electron chi connectivity index (χ3n) is 5.83. The number of rotatable bonds is 9. The summed E-state index contributed by atoms with van der Waals surface area (Å²) in [6.07, 6.45) is 0. The Balaban J connectivity index is 1.68. The monoisotopic (exact) mass is 496 g/mol. The molecule has 6 nitrogen and oxygen atoms in total. The van der Waals surface area contributed by atoms with Gasteiger partial charge in [-0.05, 0) is 23.3 Å². The highest BCUT2D eigenvalue weighted by Crippen LogP contribution is 2.34. The molecule has 0 saturated carbocycles. The number of thioether (sulfide) groups is 1. The molecule has 1 heterocycles. The minimum atomic E-state index is -0.747. The van der Waals surface area contributed by atoms with Gasteiger partial charge in [0.15, 0.2) is 0 Å². The van der Waals surface area contributed by atoms with Gasteiger partial charge >= 0.3 is 0 Å². The average Bonchev–Trinajstić information content (AvgIpc) is 2.91. The smallest absolute Gasteiger partial charge is 0.250 e. The van der Waals surface area contributed by atoms with Crippen LogP contribution in [0.25, 0.3) is 0 Å². The van der Waals surface area contributed by atoms with Crippen molar-refractivity contribution in [1.82, 2.24) is 4.90 Å². The number of carbonyl (C=O) groups is 1. The third-order valence-corrected chi connectivity index (χ3v) is 6.86. The Morgan fingerprint density at radius 1 is 1.14 bits per heavy atom. The Morgan fingerprint density at radius 2 is 1.89 bits per heavy atom. The second kappa shape index (κ2) is 12.0.